The Bertz CT molecular complexity index is 619. The Morgan fingerprint density at radius 3 is 2.67 bits per heavy atom. The molecular weight excluding hydrogens is 252 g/mol. The van der Waals surface area contributed by atoms with Gasteiger partial charge in [0, 0.05) is 37.5 Å². The fourth-order valence-electron chi connectivity index (χ4n) is 1.59. The fourth-order valence-corrected chi connectivity index (χ4v) is 1.95. The third-order valence-electron chi connectivity index (χ3n) is 2.48. The molecular formula is C12H14N2O3S. The van der Waals surface area contributed by atoms with E-state index in [1.807, 2.05) is 37.2 Å². The summed E-state index contributed by atoms with van der Waals surface area (Å²) in [6.45, 7) is 0. The van der Waals surface area contributed by atoms with E-state index in [1.165, 1.54) is 6.26 Å². The van der Waals surface area contributed by atoms with Crippen LogP contribution >= 0.6 is 0 Å². The van der Waals surface area contributed by atoms with Crippen LogP contribution in [0.3, 0.4) is 0 Å². The fraction of sp³-hybridized carbons (Fsp3) is 0.250. The Morgan fingerprint density at radius 1 is 1.33 bits per heavy atom. The molecule has 1 unspecified atom stereocenters. The third kappa shape index (κ3) is 2.53. The quantitative estimate of drug-likeness (QED) is 0.915. The molecule has 0 aliphatic rings. The van der Waals surface area contributed by atoms with Crippen LogP contribution in [0.25, 0.3) is 11.0 Å². The van der Waals surface area contributed by atoms with E-state index < -0.39 is 16.9 Å². The van der Waals surface area contributed by atoms with Crippen LogP contribution in [-0.2, 0) is 11.0 Å². The lowest BCUT2D eigenvalue weighted by molar-refractivity contribution is 0.0958. The van der Waals surface area contributed by atoms with Crippen LogP contribution in [0, 0.1) is 0 Å². The first kappa shape index (κ1) is 12.6. The maximum absolute atomic E-state index is 11.6. The van der Waals surface area contributed by atoms with Gasteiger partial charge in [-0.15, -0.1) is 0 Å². The van der Waals surface area contributed by atoms with E-state index in [-0.39, 0.29) is 5.76 Å². The van der Waals surface area contributed by atoms with Crippen LogP contribution in [0.15, 0.2) is 28.7 Å². The van der Waals surface area contributed by atoms with Crippen molar-refractivity contribution in [3.63, 3.8) is 0 Å². The van der Waals surface area contributed by atoms with Crippen molar-refractivity contribution < 1.29 is 13.4 Å². The second kappa shape index (κ2) is 4.81. The number of hydrogen-bond acceptors (Lipinski definition) is 4. The molecule has 18 heavy (non-hydrogen) atoms. The van der Waals surface area contributed by atoms with Crippen LogP contribution in [0.1, 0.15) is 10.6 Å². The Kier molecular flexibility index (Phi) is 3.38. The zero-order valence-electron chi connectivity index (χ0n) is 10.4. The van der Waals surface area contributed by atoms with Gasteiger partial charge in [0.2, 0.25) is 0 Å². The van der Waals surface area contributed by atoms with Gasteiger partial charge in [0.15, 0.2) is 5.76 Å². The maximum atomic E-state index is 11.6. The number of rotatable bonds is 3. The monoisotopic (exact) mass is 266 g/mol. The molecule has 5 nitrogen and oxygen atoms in total. The first-order chi connectivity index (χ1) is 8.47. The molecule has 2 rings (SSSR count). The van der Waals surface area contributed by atoms with Crippen LogP contribution < -0.4 is 9.62 Å². The van der Waals surface area contributed by atoms with Gasteiger partial charge in [0.05, 0.1) is 0 Å². The molecule has 96 valence electrons. The van der Waals surface area contributed by atoms with Crippen molar-refractivity contribution in [2.45, 2.75) is 0 Å². The number of nitrogens with one attached hydrogen (secondary N) is 1. The van der Waals surface area contributed by atoms with E-state index in [0.29, 0.717) is 5.58 Å². The smallest absolute Gasteiger partial charge is 0.298 e. The highest BCUT2D eigenvalue weighted by Crippen LogP contribution is 2.24. The van der Waals surface area contributed by atoms with Gasteiger partial charge in [0.25, 0.3) is 5.91 Å². The molecule has 6 heteroatoms. The Hall–Kier alpha value is -1.82. The van der Waals surface area contributed by atoms with Crippen molar-refractivity contribution in [3.8, 4) is 0 Å². The summed E-state index contributed by atoms with van der Waals surface area (Å²) in [4.78, 5) is 13.6. The van der Waals surface area contributed by atoms with Crippen LogP contribution in [-0.4, -0.2) is 30.5 Å². The number of benzene rings is 1. The van der Waals surface area contributed by atoms with Crippen LogP contribution in [0.4, 0.5) is 5.69 Å². The summed E-state index contributed by atoms with van der Waals surface area (Å²) in [5.41, 5.74) is 1.62. The highest BCUT2D eigenvalue weighted by atomic mass is 32.2. The molecule has 1 heterocycles. The molecule has 1 amide bonds. The first-order valence-corrected chi connectivity index (χ1v) is 6.88. The lowest BCUT2D eigenvalue weighted by Crippen LogP contribution is -2.23. The van der Waals surface area contributed by atoms with E-state index in [0.717, 1.165) is 11.1 Å². The number of fused-ring (bicyclic) bond motifs is 1. The number of carbonyl (C=O) groups excluding carboxylic acids is 1. The van der Waals surface area contributed by atoms with Gasteiger partial charge in [-0.3, -0.25) is 9.52 Å². The normalized spacial score (nSPS) is 12.4. The van der Waals surface area contributed by atoms with Gasteiger partial charge in [-0.1, -0.05) is 0 Å². The van der Waals surface area contributed by atoms with Gasteiger partial charge in [0.1, 0.15) is 16.6 Å². The Morgan fingerprint density at radius 2 is 2.06 bits per heavy atom. The lowest BCUT2D eigenvalue weighted by atomic mass is 10.2. The summed E-state index contributed by atoms with van der Waals surface area (Å²) in [7, 11) is 2.46. The summed E-state index contributed by atoms with van der Waals surface area (Å²) >= 11 is 0. The Labute approximate surface area is 107 Å². The maximum Gasteiger partial charge on any atom is 0.298 e. The molecule has 0 aliphatic heterocycles. The molecule has 0 radical (unpaired) electrons. The minimum Gasteiger partial charge on any atom is -0.451 e. The van der Waals surface area contributed by atoms with E-state index >= 15 is 0 Å². The lowest BCUT2D eigenvalue weighted by Gasteiger charge is -2.11. The zero-order valence-corrected chi connectivity index (χ0v) is 11.2. The highest BCUT2D eigenvalue weighted by Gasteiger charge is 2.13. The topological polar surface area (TPSA) is 62.6 Å². The highest BCUT2D eigenvalue weighted by molar-refractivity contribution is 7.82. The minimum absolute atomic E-state index is 0.163. The molecule has 2 aromatic rings. The van der Waals surface area contributed by atoms with E-state index in [2.05, 4.69) is 4.72 Å². The van der Waals surface area contributed by atoms with Gasteiger partial charge >= 0.3 is 0 Å². The Balaban J connectivity index is 2.38. The summed E-state index contributed by atoms with van der Waals surface area (Å²) in [5.74, 6) is -0.311. The average molecular weight is 266 g/mol. The van der Waals surface area contributed by atoms with E-state index in [9.17, 15) is 9.00 Å². The molecule has 0 fully saturated rings. The largest absolute Gasteiger partial charge is 0.451 e. The number of furan rings is 1. The van der Waals surface area contributed by atoms with E-state index in [1.54, 1.807) is 6.07 Å². The van der Waals surface area contributed by atoms with Gasteiger partial charge in [-0.05, 0) is 18.2 Å². The molecule has 0 aliphatic carbocycles. The number of hydrogen-bond donors (Lipinski definition) is 1. The summed E-state index contributed by atoms with van der Waals surface area (Å²) < 4.78 is 18.7. The molecule has 1 N–H and O–H groups in total. The average Bonchev–Trinajstić information content (AvgIpc) is 2.70. The van der Waals surface area contributed by atoms with Crippen molar-refractivity contribution in [2.24, 2.45) is 0 Å². The van der Waals surface area contributed by atoms with Crippen LogP contribution in [0.5, 0.6) is 0 Å². The first-order valence-electron chi connectivity index (χ1n) is 5.32. The number of anilines is 1. The molecule has 0 spiro atoms. The molecule has 1 aromatic carbocycles. The zero-order chi connectivity index (χ0) is 13.3. The predicted molar refractivity (Wildman–Crippen MR) is 72.1 cm³/mol. The standard InChI is InChI=1S/C12H14N2O3S/c1-14(2)9-5-4-8-6-11(17-10(8)7-9)12(15)13-18(3)16/h4-7H,1-3H3,(H,13,15). The minimum atomic E-state index is -1.40. The molecule has 1 atom stereocenters. The molecule has 1 aromatic heterocycles. The van der Waals surface area contributed by atoms with E-state index in [4.69, 9.17) is 4.42 Å². The number of nitrogens with zero attached hydrogens (tertiary/aromatic N) is 1. The van der Waals surface area contributed by atoms with Crippen molar-refractivity contribution in [2.75, 3.05) is 25.3 Å². The van der Waals surface area contributed by atoms with Crippen molar-refractivity contribution in [1.29, 1.82) is 0 Å². The van der Waals surface area contributed by atoms with Crippen molar-refractivity contribution in [1.82, 2.24) is 4.72 Å². The summed E-state index contributed by atoms with van der Waals surface area (Å²) in [6, 6.07) is 7.32. The number of carbonyl (C=O) groups is 1. The van der Waals surface area contributed by atoms with Crippen molar-refractivity contribution >= 4 is 33.5 Å². The molecule has 0 saturated heterocycles. The number of amides is 1. The van der Waals surface area contributed by atoms with Crippen LogP contribution in [0.2, 0.25) is 0 Å². The predicted octanol–water partition coefficient (Wildman–Crippen LogP) is 1.52. The van der Waals surface area contributed by atoms with Gasteiger partial charge in [-0.25, -0.2) is 4.21 Å². The van der Waals surface area contributed by atoms with Gasteiger partial charge in [-0.2, -0.15) is 0 Å². The SMILES string of the molecule is CN(C)c1ccc2cc(C(=O)NS(C)=O)oc2c1. The summed E-state index contributed by atoms with van der Waals surface area (Å²) in [5, 5.41) is 0.840. The third-order valence-corrected chi connectivity index (χ3v) is 2.95. The van der Waals surface area contributed by atoms with Gasteiger partial charge < -0.3 is 9.32 Å². The molecule has 0 bridgehead atoms. The summed E-state index contributed by atoms with van der Waals surface area (Å²) in [6.07, 6.45) is 1.39. The van der Waals surface area contributed by atoms with Crippen molar-refractivity contribution in [3.05, 3.63) is 30.0 Å². The molecule has 0 saturated carbocycles. The second-order valence-electron chi connectivity index (χ2n) is 4.11. The second-order valence-corrected chi connectivity index (χ2v) is 5.22.